The number of aromatic nitrogens is 1. The third-order valence-corrected chi connectivity index (χ3v) is 7.13. The third kappa shape index (κ3) is 3.15. The molecule has 2 amide bonds. The van der Waals surface area contributed by atoms with Crippen molar-refractivity contribution in [3.8, 4) is 5.75 Å². The minimum absolute atomic E-state index is 0.320. The molecule has 4 aromatic rings. The molecule has 6 nitrogen and oxygen atoms in total. The minimum atomic E-state index is -1.34. The van der Waals surface area contributed by atoms with Crippen LogP contribution in [-0.4, -0.2) is 23.5 Å². The van der Waals surface area contributed by atoms with E-state index in [4.69, 9.17) is 4.74 Å². The number of ether oxygens (including phenoxy) is 1. The number of nitrogens with zero attached hydrogens (tertiary/aromatic N) is 2. The predicted molar refractivity (Wildman–Crippen MR) is 132 cm³/mol. The first-order chi connectivity index (χ1) is 16.9. The van der Waals surface area contributed by atoms with Crippen molar-refractivity contribution in [2.24, 2.45) is 0 Å². The zero-order valence-corrected chi connectivity index (χ0v) is 19.5. The second kappa shape index (κ2) is 7.70. The number of carbonyl (C=O) groups excluding carboxylic acids is 2. The van der Waals surface area contributed by atoms with Crippen molar-refractivity contribution in [1.29, 1.82) is 0 Å². The van der Waals surface area contributed by atoms with Crippen molar-refractivity contribution < 1.29 is 18.7 Å². The van der Waals surface area contributed by atoms with Gasteiger partial charge in [-0.25, -0.2) is 4.39 Å². The van der Waals surface area contributed by atoms with E-state index in [1.54, 1.807) is 44.4 Å². The normalized spacial score (nSPS) is 18.6. The highest BCUT2D eigenvalue weighted by molar-refractivity contribution is 6.15. The van der Waals surface area contributed by atoms with E-state index in [9.17, 15) is 14.0 Å². The molecule has 3 heterocycles. The summed E-state index contributed by atoms with van der Waals surface area (Å²) in [6.45, 7) is 2.46. The molecule has 1 aromatic heterocycles. The molecular formula is C28H24FN3O3. The van der Waals surface area contributed by atoms with Crippen molar-refractivity contribution >= 4 is 34.1 Å². The average Bonchev–Trinajstić information content (AvgIpc) is 3.35. The lowest BCUT2D eigenvalue weighted by atomic mass is 9.93. The first-order valence-corrected chi connectivity index (χ1v) is 11.6. The summed E-state index contributed by atoms with van der Waals surface area (Å²) in [6, 6.07) is 19.1. The summed E-state index contributed by atoms with van der Waals surface area (Å²) in [6.07, 6.45) is 1.94. The molecule has 0 saturated carbocycles. The number of fused-ring (bicyclic) bond motifs is 1. The molecule has 0 saturated heterocycles. The van der Waals surface area contributed by atoms with E-state index in [0.717, 1.165) is 30.3 Å². The van der Waals surface area contributed by atoms with Gasteiger partial charge in [0.2, 0.25) is 0 Å². The van der Waals surface area contributed by atoms with Gasteiger partial charge >= 0.3 is 0 Å². The maximum Gasteiger partial charge on any atom is 0.269 e. The number of benzene rings is 3. The highest BCUT2D eigenvalue weighted by Crippen LogP contribution is 2.46. The van der Waals surface area contributed by atoms with Gasteiger partial charge in [0, 0.05) is 23.2 Å². The lowest BCUT2D eigenvalue weighted by Gasteiger charge is -2.26. The largest absolute Gasteiger partial charge is 0.497 e. The van der Waals surface area contributed by atoms with Gasteiger partial charge in [0.25, 0.3) is 11.8 Å². The second-order valence-electron chi connectivity index (χ2n) is 9.22. The molecule has 1 N–H and O–H groups in total. The molecule has 6 rings (SSSR count). The molecule has 0 fully saturated rings. The van der Waals surface area contributed by atoms with Crippen LogP contribution in [0, 0.1) is 5.82 Å². The average molecular weight is 470 g/mol. The summed E-state index contributed by atoms with van der Waals surface area (Å²) >= 11 is 0. The molecule has 0 spiro atoms. The Morgan fingerprint density at radius 1 is 1.09 bits per heavy atom. The number of methoxy groups -OCH3 is 1. The summed E-state index contributed by atoms with van der Waals surface area (Å²) in [5.74, 6) is -0.457. The molecular weight excluding hydrogens is 445 g/mol. The molecule has 0 unspecified atom stereocenters. The van der Waals surface area contributed by atoms with Crippen molar-refractivity contribution in [2.45, 2.75) is 31.8 Å². The fourth-order valence-electron chi connectivity index (χ4n) is 5.40. The van der Waals surface area contributed by atoms with Crippen LogP contribution in [0.1, 0.15) is 35.0 Å². The maximum absolute atomic E-state index is 13.9. The lowest BCUT2D eigenvalue weighted by Crippen LogP contribution is -2.50. The fraction of sp³-hybridized carbons (Fsp3) is 0.214. The van der Waals surface area contributed by atoms with Crippen LogP contribution in [0.3, 0.4) is 0 Å². The quantitative estimate of drug-likeness (QED) is 0.455. The van der Waals surface area contributed by atoms with E-state index in [2.05, 4.69) is 16.0 Å². The van der Waals surface area contributed by atoms with Crippen LogP contribution in [0.25, 0.3) is 10.9 Å². The first-order valence-electron chi connectivity index (χ1n) is 11.6. The number of carbonyl (C=O) groups is 2. The number of rotatable bonds is 4. The van der Waals surface area contributed by atoms with Gasteiger partial charge in [-0.15, -0.1) is 0 Å². The fourth-order valence-corrected chi connectivity index (χ4v) is 5.40. The van der Waals surface area contributed by atoms with Crippen molar-refractivity contribution in [1.82, 2.24) is 9.88 Å². The number of amides is 2. The summed E-state index contributed by atoms with van der Waals surface area (Å²) < 4.78 is 21.1. The van der Waals surface area contributed by atoms with Gasteiger partial charge in [0.05, 0.1) is 18.3 Å². The Bertz CT molecular complexity index is 1510. The molecule has 2 aliphatic rings. The van der Waals surface area contributed by atoms with E-state index in [-0.39, 0.29) is 17.6 Å². The van der Waals surface area contributed by atoms with Gasteiger partial charge < -0.3 is 14.6 Å². The molecule has 35 heavy (non-hydrogen) atoms. The summed E-state index contributed by atoms with van der Waals surface area (Å²) in [5, 5.41) is 4.06. The Kier molecular flexibility index (Phi) is 4.71. The SMILES string of the molecule is COc1ccc2c(c1)[C@](C)(NC(=O)c1cc3cccc4c3n1CCC4)C(=O)N2c1ccc(F)cc1. The van der Waals surface area contributed by atoms with Crippen molar-refractivity contribution in [3.05, 3.63) is 89.4 Å². The highest BCUT2D eigenvalue weighted by atomic mass is 19.1. The molecule has 2 aliphatic heterocycles. The molecule has 7 heteroatoms. The van der Waals surface area contributed by atoms with Gasteiger partial charge in [-0.3, -0.25) is 14.5 Å². The summed E-state index contributed by atoms with van der Waals surface area (Å²) in [4.78, 5) is 29.1. The molecule has 0 bridgehead atoms. The first kappa shape index (κ1) is 21.4. The molecule has 0 radical (unpaired) electrons. The Morgan fingerprint density at radius 3 is 2.66 bits per heavy atom. The number of nitrogens with one attached hydrogen (secondary N) is 1. The van der Waals surface area contributed by atoms with Crippen LogP contribution in [0.4, 0.5) is 15.8 Å². The zero-order chi connectivity index (χ0) is 24.3. The number of hydrogen-bond acceptors (Lipinski definition) is 3. The van der Waals surface area contributed by atoms with Gasteiger partial charge in [-0.2, -0.15) is 0 Å². The van der Waals surface area contributed by atoms with Crippen LogP contribution < -0.4 is 15.0 Å². The van der Waals surface area contributed by atoms with Crippen LogP contribution in [-0.2, 0) is 23.3 Å². The number of anilines is 2. The Morgan fingerprint density at radius 2 is 1.89 bits per heavy atom. The van der Waals surface area contributed by atoms with Crippen LogP contribution in [0.15, 0.2) is 66.7 Å². The van der Waals surface area contributed by atoms with E-state index < -0.39 is 5.54 Å². The minimum Gasteiger partial charge on any atom is -0.497 e. The van der Waals surface area contributed by atoms with Crippen LogP contribution >= 0.6 is 0 Å². The molecule has 3 aromatic carbocycles. The Balaban J connectivity index is 1.44. The van der Waals surface area contributed by atoms with Crippen molar-refractivity contribution in [3.63, 3.8) is 0 Å². The molecule has 0 aliphatic carbocycles. The number of halogens is 1. The van der Waals surface area contributed by atoms with E-state index in [0.29, 0.717) is 28.4 Å². The highest BCUT2D eigenvalue weighted by Gasteiger charge is 2.49. The molecule has 1 atom stereocenters. The van der Waals surface area contributed by atoms with Gasteiger partial charge in [-0.05, 0) is 73.9 Å². The molecule has 176 valence electrons. The van der Waals surface area contributed by atoms with E-state index >= 15 is 0 Å². The smallest absolute Gasteiger partial charge is 0.269 e. The number of aryl methyl sites for hydroxylation is 2. The van der Waals surface area contributed by atoms with Crippen LogP contribution in [0.2, 0.25) is 0 Å². The summed E-state index contributed by atoms with van der Waals surface area (Å²) in [7, 11) is 1.56. The summed E-state index contributed by atoms with van der Waals surface area (Å²) in [5.41, 5.74) is 3.27. The van der Waals surface area contributed by atoms with E-state index in [1.165, 1.54) is 22.6 Å². The van der Waals surface area contributed by atoms with E-state index in [1.807, 2.05) is 18.2 Å². The second-order valence-corrected chi connectivity index (χ2v) is 9.22. The van der Waals surface area contributed by atoms with Gasteiger partial charge in [-0.1, -0.05) is 18.2 Å². The van der Waals surface area contributed by atoms with Crippen LogP contribution in [0.5, 0.6) is 5.75 Å². The standard InChI is InChI=1S/C28H24FN3O3/c1-28(30-26(33)24-15-18-6-3-5-17-7-4-14-31(24)25(17)18)22-16-21(35-2)12-13-23(22)32(27(28)34)20-10-8-19(29)9-11-20/h3,5-6,8-13,15-16H,4,7,14H2,1-2H3,(H,30,33)/t28-/m0/s1. The Labute approximate surface area is 201 Å². The zero-order valence-electron chi connectivity index (χ0n) is 19.5. The number of hydrogen-bond donors (Lipinski definition) is 1. The predicted octanol–water partition coefficient (Wildman–Crippen LogP) is 5.06. The topological polar surface area (TPSA) is 63.6 Å². The number of para-hydroxylation sites is 1. The maximum atomic E-state index is 13.9. The van der Waals surface area contributed by atoms with Gasteiger partial charge in [0.15, 0.2) is 0 Å². The lowest BCUT2D eigenvalue weighted by molar-refractivity contribution is -0.122. The van der Waals surface area contributed by atoms with Crippen molar-refractivity contribution in [2.75, 3.05) is 12.0 Å². The monoisotopic (exact) mass is 469 g/mol. The Hall–Kier alpha value is -4.13. The van der Waals surface area contributed by atoms with Gasteiger partial charge in [0.1, 0.15) is 22.8 Å². The third-order valence-electron chi connectivity index (χ3n) is 7.13.